The zero-order chi connectivity index (χ0) is 27.5. The number of fused-ring (bicyclic) bond motifs is 3. The lowest BCUT2D eigenvalue weighted by Gasteiger charge is -2.40. The largest absolute Gasteiger partial charge is 0.507 e. The molecule has 3 aliphatic rings. The Balaban J connectivity index is 1.65. The van der Waals surface area contributed by atoms with Crippen LogP contribution in [0.5, 0.6) is 17.2 Å². The molecule has 0 bridgehead atoms. The highest BCUT2D eigenvalue weighted by Crippen LogP contribution is 2.51. The molecule has 6 N–H and O–H groups in total. The Labute approximate surface area is 217 Å². The molecule has 1 aliphatic heterocycles. The number of ketones is 3. The number of carbonyl (C=O) groups is 3. The van der Waals surface area contributed by atoms with Crippen molar-refractivity contribution in [2.75, 3.05) is 13.7 Å². The van der Waals surface area contributed by atoms with Crippen molar-refractivity contribution in [1.82, 2.24) is 0 Å². The minimum absolute atomic E-state index is 0.00621. The van der Waals surface area contributed by atoms with Gasteiger partial charge in [0.2, 0.25) is 5.78 Å². The first-order valence-electron chi connectivity index (χ1n) is 12.3. The van der Waals surface area contributed by atoms with Crippen molar-refractivity contribution >= 4 is 17.3 Å². The Morgan fingerprint density at radius 3 is 2.47 bits per heavy atom. The number of rotatable bonds is 5. The Hall–Kier alpha value is -3.35. The number of aliphatic hydroxyl groups is 2. The molecule has 202 valence electrons. The number of aromatic hydroxyl groups is 2. The highest BCUT2D eigenvalue weighted by molar-refractivity contribution is 6.31. The van der Waals surface area contributed by atoms with Crippen LogP contribution in [-0.2, 0) is 20.7 Å². The summed E-state index contributed by atoms with van der Waals surface area (Å²) < 4.78 is 17.2. The van der Waals surface area contributed by atoms with E-state index in [1.54, 1.807) is 6.92 Å². The van der Waals surface area contributed by atoms with Gasteiger partial charge in [0, 0.05) is 35.1 Å². The number of phenols is 2. The quantitative estimate of drug-likeness (QED) is 0.297. The van der Waals surface area contributed by atoms with Crippen LogP contribution in [0.4, 0.5) is 0 Å². The molecule has 6 atom stereocenters. The van der Waals surface area contributed by atoms with Gasteiger partial charge in [0.05, 0.1) is 42.1 Å². The van der Waals surface area contributed by atoms with E-state index in [1.165, 1.54) is 25.3 Å². The number of hydrogen-bond donors (Lipinski definition) is 5. The number of benzene rings is 2. The Morgan fingerprint density at radius 2 is 1.82 bits per heavy atom. The number of hydrogen-bond acceptors (Lipinski definition) is 11. The lowest BCUT2D eigenvalue weighted by Crippen LogP contribution is -2.52. The zero-order valence-corrected chi connectivity index (χ0v) is 20.8. The second kappa shape index (κ2) is 9.75. The van der Waals surface area contributed by atoms with Crippen molar-refractivity contribution in [2.24, 2.45) is 11.7 Å². The summed E-state index contributed by atoms with van der Waals surface area (Å²) in [5, 5.41) is 42.4. The van der Waals surface area contributed by atoms with Gasteiger partial charge in [-0.1, -0.05) is 12.1 Å². The van der Waals surface area contributed by atoms with Crippen LogP contribution in [0, 0.1) is 5.92 Å². The molecular formula is C27H29NO10. The molecule has 0 saturated carbocycles. The predicted molar refractivity (Wildman–Crippen MR) is 130 cm³/mol. The Bertz CT molecular complexity index is 1330. The van der Waals surface area contributed by atoms with E-state index in [0.29, 0.717) is 0 Å². The molecule has 5 rings (SSSR count). The lowest BCUT2D eigenvalue weighted by molar-refractivity contribution is -0.243. The first kappa shape index (κ1) is 26.3. The second-order valence-electron chi connectivity index (χ2n) is 9.93. The average Bonchev–Trinajstić information content (AvgIpc) is 2.90. The summed E-state index contributed by atoms with van der Waals surface area (Å²) in [4.78, 5) is 39.6. The number of Topliss-reactive ketones (excluding diaryl/α,β-unsaturated/α-hetero) is 1. The Morgan fingerprint density at radius 1 is 1.11 bits per heavy atom. The van der Waals surface area contributed by atoms with Crippen molar-refractivity contribution in [1.29, 1.82) is 0 Å². The van der Waals surface area contributed by atoms with Crippen molar-refractivity contribution in [3.8, 4) is 17.2 Å². The van der Waals surface area contributed by atoms with Crippen LogP contribution >= 0.6 is 0 Å². The molecule has 11 nitrogen and oxygen atoms in total. The average molecular weight is 528 g/mol. The van der Waals surface area contributed by atoms with E-state index in [0.717, 1.165) is 0 Å². The smallest absolute Gasteiger partial charge is 0.202 e. The molecule has 0 radical (unpaired) electrons. The summed E-state index contributed by atoms with van der Waals surface area (Å²) in [6.07, 6.45) is -3.54. The van der Waals surface area contributed by atoms with E-state index < -0.39 is 72.0 Å². The van der Waals surface area contributed by atoms with Gasteiger partial charge in [-0.2, -0.15) is 0 Å². The molecule has 1 fully saturated rings. The zero-order valence-electron chi connectivity index (χ0n) is 20.8. The van der Waals surface area contributed by atoms with Gasteiger partial charge in [0.1, 0.15) is 23.9 Å². The van der Waals surface area contributed by atoms with Gasteiger partial charge in [-0.3, -0.25) is 14.4 Å². The number of carbonyl (C=O) groups excluding carboxylic acids is 3. The molecule has 1 heterocycles. The van der Waals surface area contributed by atoms with Gasteiger partial charge in [-0.05, 0) is 25.8 Å². The first-order valence-corrected chi connectivity index (χ1v) is 12.3. The molecule has 2 aliphatic carbocycles. The van der Waals surface area contributed by atoms with Crippen LogP contribution in [0.1, 0.15) is 68.8 Å². The van der Waals surface area contributed by atoms with E-state index in [4.69, 9.17) is 19.9 Å². The molecule has 2 aromatic carbocycles. The van der Waals surface area contributed by atoms with Crippen molar-refractivity contribution in [3.05, 3.63) is 51.6 Å². The second-order valence-corrected chi connectivity index (χ2v) is 9.93. The summed E-state index contributed by atoms with van der Waals surface area (Å²) in [5.41, 5.74) is 5.39. The molecular weight excluding hydrogens is 498 g/mol. The Kier molecular flexibility index (Phi) is 6.74. The SMILES string of the molecule is COc1cccc2c1C(=O)c1c(O)c3c(c(O)c1C2=O)CC(C(=O)CO)CC3O[C@H]1C[C@H](N)[C@H](O)[C@H](C)O1. The number of aliphatic hydroxyl groups excluding tert-OH is 2. The fourth-order valence-corrected chi connectivity index (χ4v) is 5.73. The van der Waals surface area contributed by atoms with Crippen LogP contribution in [-0.4, -0.2) is 76.0 Å². The van der Waals surface area contributed by atoms with Crippen molar-refractivity contribution in [3.63, 3.8) is 0 Å². The van der Waals surface area contributed by atoms with Crippen molar-refractivity contribution in [2.45, 2.75) is 56.8 Å². The monoisotopic (exact) mass is 527 g/mol. The summed E-state index contributed by atoms with van der Waals surface area (Å²) in [5.74, 6) is -3.64. The van der Waals surface area contributed by atoms with E-state index >= 15 is 0 Å². The third-order valence-electron chi connectivity index (χ3n) is 7.71. The standard InChI is InChI=1S/C27H29NO10/c1-10-23(31)14(28)8-18(37-10)38-17-7-11(15(30)9-29)6-13-20(17)27(35)22-21(25(13)33)24(32)12-4-3-5-16(36-2)19(12)26(22)34/h3-5,10-11,14,17-18,23,29,31,33,35H,6-9,28H2,1-2H3/t10-,11?,14-,17?,18-,23+/m0/s1. The summed E-state index contributed by atoms with van der Waals surface area (Å²) >= 11 is 0. The summed E-state index contributed by atoms with van der Waals surface area (Å²) in [7, 11) is 1.35. The van der Waals surface area contributed by atoms with Crippen LogP contribution < -0.4 is 10.5 Å². The highest BCUT2D eigenvalue weighted by Gasteiger charge is 2.45. The number of phenolic OH excluding ortho intramolecular Hbond substituents is 2. The normalized spacial score (nSPS) is 28.3. The van der Waals surface area contributed by atoms with E-state index in [2.05, 4.69) is 0 Å². The summed E-state index contributed by atoms with van der Waals surface area (Å²) in [6, 6.07) is 3.83. The van der Waals surface area contributed by atoms with Gasteiger partial charge in [0.25, 0.3) is 0 Å². The van der Waals surface area contributed by atoms with Crippen LogP contribution in [0.15, 0.2) is 18.2 Å². The third kappa shape index (κ3) is 3.98. The minimum atomic E-state index is -1.06. The molecule has 0 aromatic heterocycles. The van der Waals surface area contributed by atoms with Crippen molar-refractivity contribution < 1.29 is 49.0 Å². The molecule has 2 aromatic rings. The van der Waals surface area contributed by atoms with Gasteiger partial charge < -0.3 is 40.4 Å². The molecule has 38 heavy (non-hydrogen) atoms. The number of ether oxygens (including phenoxy) is 3. The molecule has 2 unspecified atom stereocenters. The number of methoxy groups -OCH3 is 1. The van der Waals surface area contributed by atoms with E-state index in [9.17, 15) is 34.8 Å². The third-order valence-corrected chi connectivity index (χ3v) is 7.71. The van der Waals surface area contributed by atoms with Gasteiger partial charge in [-0.25, -0.2) is 0 Å². The maximum atomic E-state index is 13.6. The lowest BCUT2D eigenvalue weighted by atomic mass is 9.73. The van der Waals surface area contributed by atoms with Gasteiger partial charge in [0.15, 0.2) is 17.9 Å². The maximum Gasteiger partial charge on any atom is 0.202 e. The van der Waals surface area contributed by atoms with E-state index in [1.807, 2.05) is 0 Å². The maximum absolute atomic E-state index is 13.6. The molecule has 0 amide bonds. The van der Waals surface area contributed by atoms with Crippen LogP contribution in [0.3, 0.4) is 0 Å². The van der Waals surface area contributed by atoms with Gasteiger partial charge in [-0.15, -0.1) is 0 Å². The van der Waals surface area contributed by atoms with Gasteiger partial charge >= 0.3 is 0 Å². The predicted octanol–water partition coefficient (Wildman–Crippen LogP) is 0.886. The highest BCUT2D eigenvalue weighted by atomic mass is 16.7. The van der Waals surface area contributed by atoms with Crippen LogP contribution in [0.2, 0.25) is 0 Å². The number of nitrogens with two attached hydrogens (primary N) is 1. The fourth-order valence-electron chi connectivity index (χ4n) is 5.73. The first-order chi connectivity index (χ1) is 18.1. The van der Waals surface area contributed by atoms with E-state index in [-0.39, 0.29) is 58.4 Å². The summed E-state index contributed by atoms with van der Waals surface area (Å²) in [6.45, 7) is 0.880. The molecule has 1 saturated heterocycles. The van der Waals surface area contributed by atoms with Crippen LogP contribution in [0.25, 0.3) is 0 Å². The molecule has 11 heteroatoms. The fraction of sp³-hybridized carbons (Fsp3) is 0.444. The topological polar surface area (TPSA) is 186 Å². The molecule has 0 spiro atoms. The minimum Gasteiger partial charge on any atom is -0.507 e.